The average Bonchev–Trinajstić information content (AvgIpc) is 2.69. The fourth-order valence-corrected chi connectivity index (χ4v) is 2.36. The van der Waals surface area contributed by atoms with Crippen molar-refractivity contribution in [2.24, 2.45) is 0 Å². The maximum absolute atomic E-state index is 11.3. The highest BCUT2D eigenvalue weighted by molar-refractivity contribution is 5.79. The zero-order valence-corrected chi connectivity index (χ0v) is 8.25. The Balaban J connectivity index is 2.12. The highest BCUT2D eigenvalue weighted by Crippen LogP contribution is 2.23. The van der Waals surface area contributed by atoms with Crippen LogP contribution in [0.3, 0.4) is 0 Å². The zero-order chi connectivity index (χ0) is 10.0. The van der Waals surface area contributed by atoms with Gasteiger partial charge in [0.25, 0.3) is 0 Å². The van der Waals surface area contributed by atoms with E-state index in [4.69, 9.17) is 0 Å². The Morgan fingerprint density at radius 3 is 2.43 bits per heavy atom. The van der Waals surface area contributed by atoms with Gasteiger partial charge in [-0.3, -0.25) is 9.69 Å². The van der Waals surface area contributed by atoms with E-state index in [0.29, 0.717) is 6.54 Å². The van der Waals surface area contributed by atoms with Crippen LogP contribution in [-0.2, 0) is 4.79 Å². The Labute approximate surface area is 83.5 Å². The van der Waals surface area contributed by atoms with Gasteiger partial charge in [0.2, 0.25) is 0 Å². The summed E-state index contributed by atoms with van der Waals surface area (Å²) < 4.78 is 0. The second-order valence-electron chi connectivity index (χ2n) is 4.00. The smallest absolute Gasteiger partial charge is 0.325 e. The second kappa shape index (κ2) is 3.84. The van der Waals surface area contributed by atoms with E-state index in [1.165, 1.54) is 0 Å². The molecule has 2 fully saturated rings. The Morgan fingerprint density at radius 2 is 1.93 bits per heavy atom. The van der Waals surface area contributed by atoms with Gasteiger partial charge >= 0.3 is 5.97 Å². The first-order valence-electron chi connectivity index (χ1n) is 5.16. The molecule has 5 nitrogen and oxygen atoms in total. The zero-order valence-electron chi connectivity index (χ0n) is 8.25. The van der Waals surface area contributed by atoms with Gasteiger partial charge in [0.15, 0.2) is 0 Å². The molecule has 0 aliphatic carbocycles. The van der Waals surface area contributed by atoms with Gasteiger partial charge in [-0.05, 0) is 13.0 Å². The van der Waals surface area contributed by atoms with Crippen molar-refractivity contribution in [1.29, 1.82) is 0 Å². The summed E-state index contributed by atoms with van der Waals surface area (Å²) in [5.74, 6) is -0.676. The number of carboxylic acids is 1. The van der Waals surface area contributed by atoms with Crippen LogP contribution in [0.25, 0.3) is 0 Å². The van der Waals surface area contributed by atoms with Crippen LogP contribution < -0.4 is 10.6 Å². The molecule has 2 aliphatic heterocycles. The number of rotatable bonds is 2. The van der Waals surface area contributed by atoms with Crippen molar-refractivity contribution in [2.45, 2.75) is 12.0 Å². The number of piperazine rings is 1. The number of hydrogen-bond acceptors (Lipinski definition) is 4. The highest BCUT2D eigenvalue weighted by atomic mass is 16.4. The quantitative estimate of drug-likeness (QED) is 0.516. The third kappa shape index (κ3) is 1.51. The van der Waals surface area contributed by atoms with E-state index in [2.05, 4.69) is 15.5 Å². The molecule has 0 amide bonds. The Hall–Kier alpha value is -0.650. The van der Waals surface area contributed by atoms with E-state index in [0.717, 1.165) is 39.1 Å². The third-order valence-electron chi connectivity index (χ3n) is 3.25. The van der Waals surface area contributed by atoms with E-state index in [9.17, 15) is 9.90 Å². The highest BCUT2D eigenvalue weighted by Gasteiger charge is 2.46. The third-order valence-corrected chi connectivity index (χ3v) is 3.25. The topological polar surface area (TPSA) is 64.6 Å². The standard InChI is InChI=1S/C9H17N3O2/c13-8(14)9(1-2-11-7-9)12-5-3-10-4-6-12/h10-11H,1-7H2,(H,13,14). The fourth-order valence-electron chi connectivity index (χ4n) is 2.36. The summed E-state index contributed by atoms with van der Waals surface area (Å²) in [7, 11) is 0. The van der Waals surface area contributed by atoms with Gasteiger partial charge in [-0.1, -0.05) is 0 Å². The number of hydrogen-bond donors (Lipinski definition) is 3. The van der Waals surface area contributed by atoms with E-state index in [1.54, 1.807) is 0 Å². The molecule has 0 aromatic rings. The van der Waals surface area contributed by atoms with E-state index >= 15 is 0 Å². The van der Waals surface area contributed by atoms with Crippen molar-refractivity contribution in [2.75, 3.05) is 39.3 Å². The summed E-state index contributed by atoms with van der Waals surface area (Å²) in [5, 5.41) is 15.7. The number of nitrogens with zero attached hydrogens (tertiary/aromatic N) is 1. The van der Waals surface area contributed by atoms with E-state index < -0.39 is 11.5 Å². The minimum absolute atomic E-state index is 0.586. The monoisotopic (exact) mass is 199 g/mol. The summed E-state index contributed by atoms with van der Waals surface area (Å²) in [5.41, 5.74) is -0.637. The van der Waals surface area contributed by atoms with Gasteiger partial charge < -0.3 is 15.7 Å². The largest absolute Gasteiger partial charge is 0.480 e. The minimum atomic E-state index is -0.676. The van der Waals surface area contributed by atoms with Gasteiger partial charge in [0, 0.05) is 32.7 Å². The fraction of sp³-hybridized carbons (Fsp3) is 0.889. The predicted molar refractivity (Wildman–Crippen MR) is 52.3 cm³/mol. The van der Waals surface area contributed by atoms with Crippen LogP contribution in [0.4, 0.5) is 0 Å². The van der Waals surface area contributed by atoms with Crippen LogP contribution in [0.1, 0.15) is 6.42 Å². The van der Waals surface area contributed by atoms with Crippen molar-refractivity contribution >= 4 is 5.97 Å². The molecule has 0 bridgehead atoms. The second-order valence-corrected chi connectivity index (χ2v) is 4.00. The molecule has 5 heteroatoms. The molecule has 2 aliphatic rings. The lowest BCUT2D eigenvalue weighted by Gasteiger charge is -2.39. The van der Waals surface area contributed by atoms with Gasteiger partial charge in [0.1, 0.15) is 5.54 Å². The Kier molecular flexibility index (Phi) is 2.71. The number of carboxylic acid groups (broad SMARTS) is 1. The molecule has 2 saturated heterocycles. The molecule has 0 spiro atoms. The Morgan fingerprint density at radius 1 is 1.21 bits per heavy atom. The summed E-state index contributed by atoms with van der Waals surface area (Å²) in [6.07, 6.45) is 0.725. The molecule has 0 aromatic carbocycles. The predicted octanol–water partition coefficient (Wildman–Crippen LogP) is -1.29. The molecule has 1 unspecified atom stereocenters. The van der Waals surface area contributed by atoms with Crippen LogP contribution in [0.5, 0.6) is 0 Å². The van der Waals surface area contributed by atoms with Crippen LogP contribution in [0, 0.1) is 0 Å². The SMILES string of the molecule is O=C(O)C1(N2CCNCC2)CCNC1. The maximum Gasteiger partial charge on any atom is 0.325 e. The molecule has 3 N–H and O–H groups in total. The molecule has 1 atom stereocenters. The molecule has 0 saturated carbocycles. The number of nitrogens with one attached hydrogen (secondary N) is 2. The average molecular weight is 199 g/mol. The Bertz CT molecular complexity index is 220. The van der Waals surface area contributed by atoms with Crippen molar-refractivity contribution < 1.29 is 9.90 Å². The normalized spacial score (nSPS) is 34.6. The molecular weight excluding hydrogens is 182 g/mol. The lowest BCUT2D eigenvalue weighted by atomic mass is 9.95. The summed E-state index contributed by atoms with van der Waals surface area (Å²) >= 11 is 0. The summed E-state index contributed by atoms with van der Waals surface area (Å²) in [6.45, 7) is 4.88. The van der Waals surface area contributed by atoms with Crippen molar-refractivity contribution in [3.05, 3.63) is 0 Å². The maximum atomic E-state index is 11.3. The van der Waals surface area contributed by atoms with Crippen molar-refractivity contribution in [1.82, 2.24) is 15.5 Å². The minimum Gasteiger partial charge on any atom is -0.480 e. The van der Waals surface area contributed by atoms with Gasteiger partial charge in [-0.15, -0.1) is 0 Å². The first kappa shape index (κ1) is 9.89. The first-order chi connectivity index (χ1) is 6.76. The molecule has 14 heavy (non-hydrogen) atoms. The van der Waals surface area contributed by atoms with Crippen LogP contribution in [-0.4, -0.2) is 60.8 Å². The van der Waals surface area contributed by atoms with Crippen LogP contribution >= 0.6 is 0 Å². The molecule has 2 rings (SSSR count). The van der Waals surface area contributed by atoms with Gasteiger partial charge in [0.05, 0.1) is 0 Å². The summed E-state index contributed by atoms with van der Waals surface area (Å²) in [4.78, 5) is 13.4. The van der Waals surface area contributed by atoms with Gasteiger partial charge in [-0.2, -0.15) is 0 Å². The van der Waals surface area contributed by atoms with Crippen LogP contribution in [0.2, 0.25) is 0 Å². The number of aliphatic carboxylic acids is 1. The number of carbonyl (C=O) groups is 1. The molecule has 2 heterocycles. The lowest BCUT2D eigenvalue weighted by Crippen LogP contribution is -2.61. The van der Waals surface area contributed by atoms with E-state index in [1.807, 2.05) is 0 Å². The lowest BCUT2D eigenvalue weighted by molar-refractivity contribution is -0.150. The summed E-state index contributed by atoms with van der Waals surface area (Å²) in [6, 6.07) is 0. The molecular formula is C9H17N3O2. The van der Waals surface area contributed by atoms with Crippen molar-refractivity contribution in [3.63, 3.8) is 0 Å². The van der Waals surface area contributed by atoms with E-state index in [-0.39, 0.29) is 0 Å². The molecule has 0 aromatic heterocycles. The molecule has 0 radical (unpaired) electrons. The van der Waals surface area contributed by atoms with Crippen LogP contribution in [0.15, 0.2) is 0 Å². The first-order valence-corrected chi connectivity index (χ1v) is 5.16. The van der Waals surface area contributed by atoms with Crippen molar-refractivity contribution in [3.8, 4) is 0 Å². The van der Waals surface area contributed by atoms with Gasteiger partial charge in [-0.25, -0.2) is 0 Å². The molecule has 80 valence electrons.